The summed E-state index contributed by atoms with van der Waals surface area (Å²) in [4.78, 5) is 11.6. The summed E-state index contributed by atoms with van der Waals surface area (Å²) < 4.78 is 5.25. The number of carbonyl (C=O) groups excluding carboxylic acids is 1. The zero-order chi connectivity index (χ0) is 10.7. The number of amides is 1. The van der Waals surface area contributed by atoms with Crippen molar-refractivity contribution in [2.75, 3.05) is 11.9 Å². The van der Waals surface area contributed by atoms with E-state index in [1.807, 2.05) is 6.07 Å². The molecule has 1 atom stereocenters. The molecule has 1 N–H and O–H groups in total. The second-order valence-electron chi connectivity index (χ2n) is 3.27. The first kappa shape index (κ1) is 10.1. The molecule has 1 aromatic heterocycles. The summed E-state index contributed by atoms with van der Waals surface area (Å²) >= 11 is 1.35. The molecule has 1 amide bonds. The Morgan fingerprint density at radius 3 is 3.27 bits per heavy atom. The van der Waals surface area contributed by atoms with Crippen LogP contribution >= 0.6 is 11.3 Å². The zero-order valence-corrected chi connectivity index (χ0v) is 8.84. The van der Waals surface area contributed by atoms with Crippen LogP contribution in [0.2, 0.25) is 0 Å². The summed E-state index contributed by atoms with van der Waals surface area (Å²) in [5.74, 6) is -0.147. The van der Waals surface area contributed by atoms with Crippen molar-refractivity contribution in [2.45, 2.75) is 18.9 Å². The van der Waals surface area contributed by atoms with Gasteiger partial charge in [-0.25, -0.2) is 0 Å². The van der Waals surface area contributed by atoms with Gasteiger partial charge in [0.15, 0.2) is 0 Å². The van der Waals surface area contributed by atoms with Crippen molar-refractivity contribution < 1.29 is 9.53 Å². The maximum atomic E-state index is 11.6. The van der Waals surface area contributed by atoms with Crippen LogP contribution in [0.3, 0.4) is 0 Å². The average Bonchev–Trinajstić information content (AvgIpc) is 2.87. The number of rotatable bonds is 2. The predicted molar refractivity (Wildman–Crippen MR) is 56.6 cm³/mol. The highest BCUT2D eigenvalue weighted by atomic mass is 32.1. The lowest BCUT2D eigenvalue weighted by atomic mass is 10.2. The lowest BCUT2D eigenvalue weighted by molar-refractivity contribution is -0.124. The van der Waals surface area contributed by atoms with Gasteiger partial charge in [-0.1, -0.05) is 0 Å². The number of nitrogens with zero attached hydrogens (tertiary/aromatic N) is 1. The standard InChI is InChI=1S/C10H10N2O2S/c11-6-7-3-5-15-10(7)12-9(13)8-2-1-4-14-8/h3,5,8H,1-2,4H2,(H,12,13). The lowest BCUT2D eigenvalue weighted by Crippen LogP contribution is -2.26. The van der Waals surface area contributed by atoms with Crippen molar-refractivity contribution in [3.8, 4) is 6.07 Å². The minimum absolute atomic E-state index is 0.147. The fourth-order valence-electron chi connectivity index (χ4n) is 1.47. The van der Waals surface area contributed by atoms with Crippen molar-refractivity contribution in [3.63, 3.8) is 0 Å². The first-order chi connectivity index (χ1) is 7.31. The highest BCUT2D eigenvalue weighted by Crippen LogP contribution is 2.23. The van der Waals surface area contributed by atoms with Crippen molar-refractivity contribution >= 4 is 22.2 Å². The Morgan fingerprint density at radius 2 is 2.60 bits per heavy atom. The number of nitrogens with one attached hydrogen (secondary N) is 1. The molecule has 1 fully saturated rings. The van der Waals surface area contributed by atoms with Crippen LogP contribution in [0.4, 0.5) is 5.00 Å². The third-order valence-electron chi connectivity index (χ3n) is 2.24. The van der Waals surface area contributed by atoms with Gasteiger partial charge in [0.25, 0.3) is 5.91 Å². The first-order valence-electron chi connectivity index (χ1n) is 4.71. The number of hydrogen-bond donors (Lipinski definition) is 1. The zero-order valence-electron chi connectivity index (χ0n) is 8.03. The molecule has 5 heteroatoms. The smallest absolute Gasteiger partial charge is 0.254 e. The molecular weight excluding hydrogens is 212 g/mol. The molecule has 2 rings (SSSR count). The maximum Gasteiger partial charge on any atom is 0.254 e. The van der Waals surface area contributed by atoms with Gasteiger partial charge in [-0.05, 0) is 24.3 Å². The highest BCUT2D eigenvalue weighted by molar-refractivity contribution is 7.14. The molecule has 0 saturated carbocycles. The molecule has 4 nitrogen and oxygen atoms in total. The van der Waals surface area contributed by atoms with Gasteiger partial charge in [-0.3, -0.25) is 4.79 Å². The summed E-state index contributed by atoms with van der Waals surface area (Å²) in [5.41, 5.74) is 0.506. The van der Waals surface area contributed by atoms with E-state index in [1.165, 1.54) is 11.3 Å². The molecule has 0 radical (unpaired) electrons. The van der Waals surface area contributed by atoms with E-state index in [9.17, 15) is 4.79 Å². The Balaban J connectivity index is 2.02. The fraction of sp³-hybridized carbons (Fsp3) is 0.400. The fourth-order valence-corrected chi connectivity index (χ4v) is 2.21. The van der Waals surface area contributed by atoms with Crippen molar-refractivity contribution in [1.29, 1.82) is 5.26 Å². The van der Waals surface area contributed by atoms with E-state index in [1.54, 1.807) is 11.4 Å². The van der Waals surface area contributed by atoms with Gasteiger partial charge >= 0.3 is 0 Å². The third-order valence-corrected chi connectivity index (χ3v) is 3.07. The molecule has 1 aromatic rings. The molecule has 1 unspecified atom stereocenters. The molecular formula is C10H10N2O2S. The summed E-state index contributed by atoms with van der Waals surface area (Å²) in [6, 6.07) is 3.72. The molecule has 0 aliphatic carbocycles. The molecule has 0 aromatic carbocycles. The van der Waals surface area contributed by atoms with E-state index in [4.69, 9.17) is 10.00 Å². The topological polar surface area (TPSA) is 62.1 Å². The van der Waals surface area contributed by atoms with Crippen molar-refractivity contribution in [1.82, 2.24) is 0 Å². The molecule has 78 valence electrons. The maximum absolute atomic E-state index is 11.6. The summed E-state index contributed by atoms with van der Waals surface area (Å²) in [6.07, 6.45) is 1.34. The number of thiophene rings is 1. The predicted octanol–water partition coefficient (Wildman–Crippen LogP) is 1.74. The van der Waals surface area contributed by atoms with Gasteiger partial charge in [0.1, 0.15) is 17.2 Å². The summed E-state index contributed by atoms with van der Waals surface area (Å²) in [5, 5.41) is 13.9. The number of carbonyl (C=O) groups is 1. The van der Waals surface area contributed by atoms with E-state index < -0.39 is 0 Å². The van der Waals surface area contributed by atoms with Crippen LogP contribution in [0.25, 0.3) is 0 Å². The van der Waals surface area contributed by atoms with Gasteiger partial charge < -0.3 is 10.1 Å². The van der Waals surface area contributed by atoms with Crippen LogP contribution in [-0.4, -0.2) is 18.6 Å². The van der Waals surface area contributed by atoms with Gasteiger partial charge in [-0.2, -0.15) is 5.26 Å². The first-order valence-corrected chi connectivity index (χ1v) is 5.59. The lowest BCUT2D eigenvalue weighted by Gasteiger charge is -2.08. The molecule has 1 aliphatic rings. The molecule has 0 bridgehead atoms. The highest BCUT2D eigenvalue weighted by Gasteiger charge is 2.24. The van der Waals surface area contributed by atoms with Gasteiger partial charge in [0.05, 0.1) is 5.56 Å². The minimum atomic E-state index is -0.348. The van der Waals surface area contributed by atoms with Gasteiger partial charge in [-0.15, -0.1) is 11.3 Å². The summed E-state index contributed by atoms with van der Waals surface area (Å²) in [6.45, 7) is 0.646. The molecule has 0 spiro atoms. The Kier molecular flexibility index (Phi) is 2.99. The minimum Gasteiger partial charge on any atom is -0.368 e. The van der Waals surface area contributed by atoms with Crippen LogP contribution in [0, 0.1) is 11.3 Å². The molecule has 2 heterocycles. The van der Waals surface area contributed by atoms with Crippen LogP contribution in [0.15, 0.2) is 11.4 Å². The second-order valence-corrected chi connectivity index (χ2v) is 4.18. The van der Waals surface area contributed by atoms with Crippen LogP contribution in [0.1, 0.15) is 18.4 Å². The Hall–Kier alpha value is -1.38. The second kappa shape index (κ2) is 4.43. The number of hydrogen-bond acceptors (Lipinski definition) is 4. The number of anilines is 1. The molecule has 15 heavy (non-hydrogen) atoms. The normalized spacial score (nSPS) is 19.8. The molecule has 1 saturated heterocycles. The van der Waals surface area contributed by atoms with Gasteiger partial charge in [0.2, 0.25) is 0 Å². The number of nitriles is 1. The van der Waals surface area contributed by atoms with Gasteiger partial charge in [0, 0.05) is 6.61 Å². The average molecular weight is 222 g/mol. The van der Waals surface area contributed by atoms with Crippen molar-refractivity contribution in [3.05, 3.63) is 17.0 Å². The Morgan fingerprint density at radius 1 is 1.73 bits per heavy atom. The van der Waals surface area contributed by atoms with Crippen LogP contribution < -0.4 is 5.32 Å². The van der Waals surface area contributed by atoms with E-state index >= 15 is 0 Å². The molecule has 1 aliphatic heterocycles. The van der Waals surface area contributed by atoms with E-state index in [2.05, 4.69) is 5.32 Å². The Labute approximate surface area is 91.5 Å². The quantitative estimate of drug-likeness (QED) is 0.829. The van der Waals surface area contributed by atoms with Crippen molar-refractivity contribution in [2.24, 2.45) is 0 Å². The van der Waals surface area contributed by atoms with E-state index in [-0.39, 0.29) is 12.0 Å². The van der Waals surface area contributed by atoms with E-state index in [0.717, 1.165) is 12.8 Å². The summed E-state index contributed by atoms with van der Waals surface area (Å²) in [7, 11) is 0. The van der Waals surface area contributed by atoms with Crippen LogP contribution in [-0.2, 0) is 9.53 Å². The van der Waals surface area contributed by atoms with E-state index in [0.29, 0.717) is 17.2 Å². The third kappa shape index (κ3) is 2.17. The van der Waals surface area contributed by atoms with Crippen LogP contribution in [0.5, 0.6) is 0 Å². The SMILES string of the molecule is N#Cc1ccsc1NC(=O)C1CCCO1. The number of ether oxygens (including phenoxy) is 1. The largest absolute Gasteiger partial charge is 0.368 e. The monoisotopic (exact) mass is 222 g/mol. The Bertz CT molecular complexity index is 402.